The van der Waals surface area contributed by atoms with Gasteiger partial charge >= 0.3 is 0 Å². The summed E-state index contributed by atoms with van der Waals surface area (Å²) in [5.74, 6) is 0.530. The van der Waals surface area contributed by atoms with Crippen molar-refractivity contribution in [3.63, 3.8) is 0 Å². The number of benzene rings is 1. The van der Waals surface area contributed by atoms with Crippen LogP contribution in [0.15, 0.2) is 22.7 Å². The molecule has 0 aromatic heterocycles. The average Bonchev–Trinajstić information content (AvgIpc) is 2.22. The van der Waals surface area contributed by atoms with Crippen LogP contribution in [0.4, 0.5) is 0 Å². The number of phenolic OH excluding ortho intramolecular Hbond substituents is 1. The van der Waals surface area contributed by atoms with E-state index in [-0.39, 0.29) is 12.4 Å². The largest absolute Gasteiger partial charge is 0.503 e. The molecule has 0 bridgehead atoms. The molecule has 0 spiro atoms. The van der Waals surface area contributed by atoms with Gasteiger partial charge in [0, 0.05) is 0 Å². The molecule has 0 radical (unpaired) electrons. The van der Waals surface area contributed by atoms with Gasteiger partial charge in [-0.3, -0.25) is 0 Å². The molecule has 0 heterocycles. The number of phenols is 1. The van der Waals surface area contributed by atoms with Crippen molar-refractivity contribution in [3.05, 3.63) is 28.2 Å². The third kappa shape index (κ3) is 3.25. The van der Waals surface area contributed by atoms with Gasteiger partial charge in [0.1, 0.15) is 0 Å². The summed E-state index contributed by atoms with van der Waals surface area (Å²) in [7, 11) is 0. The molecule has 82 valence electrons. The molecule has 0 fully saturated rings. The third-order valence-electron chi connectivity index (χ3n) is 1.77. The van der Waals surface area contributed by atoms with E-state index in [2.05, 4.69) is 15.9 Å². The van der Waals surface area contributed by atoms with Crippen LogP contribution in [0.25, 0.3) is 6.08 Å². The van der Waals surface area contributed by atoms with Crippen LogP contribution >= 0.6 is 15.9 Å². The van der Waals surface area contributed by atoms with Crippen molar-refractivity contribution in [1.82, 2.24) is 0 Å². The SMILES string of the molecule is CCOc1cc(C=CCO)cc(Br)c1O. The van der Waals surface area contributed by atoms with Crippen LogP contribution < -0.4 is 4.74 Å². The van der Waals surface area contributed by atoms with Gasteiger partial charge in [0.05, 0.1) is 17.7 Å². The molecule has 1 aromatic carbocycles. The molecule has 2 N–H and O–H groups in total. The standard InChI is InChI=1S/C11H13BrO3/c1-2-15-10-7-8(4-3-5-13)6-9(12)11(10)14/h3-4,6-7,13-14H,2,5H2,1H3. The van der Waals surface area contributed by atoms with Crippen LogP contribution in [0.3, 0.4) is 0 Å². The van der Waals surface area contributed by atoms with Crippen molar-refractivity contribution in [3.8, 4) is 11.5 Å². The Hall–Kier alpha value is -1.00. The van der Waals surface area contributed by atoms with Gasteiger partial charge in [-0.05, 0) is 40.5 Å². The van der Waals surface area contributed by atoms with Gasteiger partial charge in [-0.15, -0.1) is 0 Å². The number of aromatic hydroxyl groups is 1. The van der Waals surface area contributed by atoms with Crippen LogP contribution in [0.5, 0.6) is 11.5 Å². The average molecular weight is 273 g/mol. The maximum Gasteiger partial charge on any atom is 0.172 e. The van der Waals surface area contributed by atoms with Crippen LogP contribution in [0, 0.1) is 0 Å². The van der Waals surface area contributed by atoms with E-state index in [0.29, 0.717) is 16.8 Å². The minimum Gasteiger partial charge on any atom is -0.503 e. The Labute approximate surface area is 97.1 Å². The van der Waals surface area contributed by atoms with Gasteiger partial charge in [0.2, 0.25) is 0 Å². The molecule has 15 heavy (non-hydrogen) atoms. The third-order valence-corrected chi connectivity index (χ3v) is 2.37. The number of hydrogen-bond donors (Lipinski definition) is 2. The fourth-order valence-corrected chi connectivity index (χ4v) is 1.60. The topological polar surface area (TPSA) is 49.7 Å². The zero-order valence-electron chi connectivity index (χ0n) is 8.40. The second-order valence-corrected chi connectivity index (χ2v) is 3.72. The minimum absolute atomic E-state index is 0.0114. The quantitative estimate of drug-likeness (QED) is 0.886. The van der Waals surface area contributed by atoms with Crippen molar-refractivity contribution < 1.29 is 14.9 Å². The molecule has 0 atom stereocenters. The highest BCUT2D eigenvalue weighted by atomic mass is 79.9. The van der Waals surface area contributed by atoms with Crippen LogP contribution in [-0.2, 0) is 0 Å². The maximum atomic E-state index is 9.63. The number of rotatable bonds is 4. The Morgan fingerprint density at radius 3 is 2.80 bits per heavy atom. The summed E-state index contributed by atoms with van der Waals surface area (Å²) < 4.78 is 5.84. The molecule has 4 heteroatoms. The Kier molecular flexibility index (Phi) is 4.65. The summed E-state index contributed by atoms with van der Waals surface area (Å²) in [5, 5.41) is 18.3. The first kappa shape index (κ1) is 12.1. The second kappa shape index (κ2) is 5.78. The van der Waals surface area contributed by atoms with Crippen LogP contribution in [-0.4, -0.2) is 23.4 Å². The summed E-state index contributed by atoms with van der Waals surface area (Å²) in [6.45, 7) is 2.33. The van der Waals surface area contributed by atoms with E-state index >= 15 is 0 Å². The van der Waals surface area contributed by atoms with Crippen molar-refractivity contribution in [2.45, 2.75) is 6.92 Å². The van der Waals surface area contributed by atoms with E-state index < -0.39 is 0 Å². The first-order valence-corrected chi connectivity index (χ1v) is 5.41. The number of halogens is 1. The zero-order chi connectivity index (χ0) is 11.3. The predicted octanol–water partition coefficient (Wildman–Crippen LogP) is 2.56. The van der Waals surface area contributed by atoms with Crippen molar-refractivity contribution in [1.29, 1.82) is 0 Å². The van der Waals surface area contributed by atoms with E-state index in [4.69, 9.17) is 9.84 Å². The lowest BCUT2D eigenvalue weighted by Gasteiger charge is -2.08. The van der Waals surface area contributed by atoms with Gasteiger partial charge in [0.15, 0.2) is 11.5 Å². The highest BCUT2D eigenvalue weighted by molar-refractivity contribution is 9.10. The molecule has 1 rings (SSSR count). The molecule has 3 nitrogen and oxygen atoms in total. The fourth-order valence-electron chi connectivity index (χ4n) is 1.14. The van der Waals surface area contributed by atoms with E-state index in [1.807, 2.05) is 6.92 Å². The van der Waals surface area contributed by atoms with Gasteiger partial charge in [-0.1, -0.05) is 12.2 Å². The smallest absolute Gasteiger partial charge is 0.172 e. The lowest BCUT2D eigenvalue weighted by atomic mass is 10.2. The summed E-state index contributed by atoms with van der Waals surface area (Å²) in [6, 6.07) is 3.47. The lowest BCUT2D eigenvalue weighted by molar-refractivity contribution is 0.317. The van der Waals surface area contributed by atoms with Gasteiger partial charge in [-0.25, -0.2) is 0 Å². The molecule has 0 aliphatic carbocycles. The van der Waals surface area contributed by atoms with Crippen LogP contribution in [0.1, 0.15) is 12.5 Å². The normalized spacial score (nSPS) is 10.9. The molecule has 0 saturated heterocycles. The second-order valence-electron chi connectivity index (χ2n) is 2.87. The Morgan fingerprint density at radius 2 is 2.20 bits per heavy atom. The molecular weight excluding hydrogens is 260 g/mol. The lowest BCUT2D eigenvalue weighted by Crippen LogP contribution is -1.92. The van der Waals surface area contributed by atoms with Gasteiger partial charge in [0.25, 0.3) is 0 Å². The van der Waals surface area contributed by atoms with Crippen LogP contribution in [0.2, 0.25) is 0 Å². The molecule has 0 amide bonds. The Bertz CT molecular complexity index is 361. The molecule has 0 aliphatic heterocycles. The molecule has 1 aromatic rings. The first-order valence-electron chi connectivity index (χ1n) is 4.61. The highest BCUT2D eigenvalue weighted by Gasteiger charge is 2.07. The molecule has 0 aliphatic rings. The first-order chi connectivity index (χ1) is 7.19. The van der Waals surface area contributed by atoms with E-state index in [0.717, 1.165) is 5.56 Å². The Balaban J connectivity index is 3.05. The fraction of sp³-hybridized carbons (Fsp3) is 0.273. The van der Waals surface area contributed by atoms with Crippen molar-refractivity contribution in [2.75, 3.05) is 13.2 Å². The number of aliphatic hydroxyl groups excluding tert-OH is 1. The minimum atomic E-state index is -0.0114. The zero-order valence-corrected chi connectivity index (χ0v) is 9.99. The summed E-state index contributed by atoms with van der Waals surface area (Å²) in [5.41, 5.74) is 0.858. The summed E-state index contributed by atoms with van der Waals surface area (Å²) >= 11 is 3.23. The van der Waals surface area contributed by atoms with E-state index in [1.165, 1.54) is 0 Å². The van der Waals surface area contributed by atoms with Crippen molar-refractivity contribution in [2.24, 2.45) is 0 Å². The Morgan fingerprint density at radius 1 is 1.47 bits per heavy atom. The number of ether oxygens (including phenoxy) is 1. The predicted molar refractivity (Wildman–Crippen MR) is 63.1 cm³/mol. The van der Waals surface area contributed by atoms with Gasteiger partial charge < -0.3 is 14.9 Å². The maximum absolute atomic E-state index is 9.63. The highest BCUT2D eigenvalue weighted by Crippen LogP contribution is 2.35. The van der Waals surface area contributed by atoms with Crippen molar-refractivity contribution >= 4 is 22.0 Å². The van der Waals surface area contributed by atoms with E-state index in [1.54, 1.807) is 24.3 Å². The van der Waals surface area contributed by atoms with E-state index in [9.17, 15) is 5.11 Å². The number of aliphatic hydroxyl groups is 1. The summed E-state index contributed by atoms with van der Waals surface area (Å²) in [6.07, 6.45) is 3.38. The monoisotopic (exact) mass is 272 g/mol. The van der Waals surface area contributed by atoms with Gasteiger partial charge in [-0.2, -0.15) is 0 Å². The molecule has 0 saturated carbocycles. The number of hydrogen-bond acceptors (Lipinski definition) is 3. The summed E-state index contributed by atoms with van der Waals surface area (Å²) in [4.78, 5) is 0. The molecular formula is C11H13BrO3. The molecule has 0 unspecified atom stereocenters.